The molecule has 0 aliphatic rings. The Labute approximate surface area is 125 Å². The Morgan fingerprint density at radius 1 is 1.00 bits per heavy atom. The summed E-state index contributed by atoms with van der Waals surface area (Å²) in [7, 11) is 0. The van der Waals surface area contributed by atoms with Crippen molar-refractivity contribution < 1.29 is 0 Å². The predicted molar refractivity (Wildman–Crippen MR) is 90.8 cm³/mol. The number of rotatable bonds is 14. The van der Waals surface area contributed by atoms with E-state index in [4.69, 9.17) is 11.5 Å². The summed E-state index contributed by atoms with van der Waals surface area (Å²) < 4.78 is 0. The summed E-state index contributed by atoms with van der Waals surface area (Å²) in [6.45, 7) is 9.79. The summed E-state index contributed by atoms with van der Waals surface area (Å²) in [5.41, 5.74) is 13.9. The van der Waals surface area contributed by atoms with Crippen LogP contribution >= 0.6 is 0 Å². The summed E-state index contributed by atoms with van der Waals surface area (Å²) in [5.74, 6) is 0. The first-order valence-electron chi connectivity index (χ1n) is 8.20. The van der Waals surface area contributed by atoms with Crippen molar-refractivity contribution in [2.24, 2.45) is 11.5 Å². The van der Waals surface area contributed by atoms with Gasteiger partial charge in [-0.2, -0.15) is 0 Å². The molecule has 0 saturated heterocycles. The van der Waals surface area contributed by atoms with E-state index in [1.54, 1.807) is 5.57 Å². The van der Waals surface area contributed by atoms with E-state index in [-0.39, 0.29) is 0 Å². The zero-order valence-corrected chi connectivity index (χ0v) is 13.4. The molecule has 3 nitrogen and oxygen atoms in total. The second-order valence-electron chi connectivity index (χ2n) is 5.44. The Morgan fingerprint density at radius 3 is 2.45 bits per heavy atom. The summed E-state index contributed by atoms with van der Waals surface area (Å²) in [6.07, 6.45) is 11.8. The molecule has 3 heteroatoms. The van der Waals surface area contributed by atoms with E-state index >= 15 is 0 Å². The largest absolute Gasteiger partial charge is 0.330 e. The van der Waals surface area contributed by atoms with Crippen molar-refractivity contribution in [2.45, 2.75) is 58.3 Å². The molecule has 0 heterocycles. The lowest BCUT2D eigenvalue weighted by atomic mass is 9.98. The van der Waals surface area contributed by atoms with Gasteiger partial charge in [0.05, 0.1) is 0 Å². The number of nitrogens with two attached hydrogens (primary N) is 2. The van der Waals surface area contributed by atoms with Gasteiger partial charge >= 0.3 is 0 Å². The SMILES string of the molecule is C=C(CCN)CC/C(=C\CCC)CCCCNCCN. The molecular weight excluding hydrogens is 246 g/mol. The first kappa shape index (κ1) is 19.4. The number of hydrogen-bond acceptors (Lipinski definition) is 3. The highest BCUT2D eigenvalue weighted by molar-refractivity contribution is 5.06. The smallest absolute Gasteiger partial charge is 0.00745 e. The van der Waals surface area contributed by atoms with Gasteiger partial charge in [-0.05, 0) is 58.0 Å². The summed E-state index contributed by atoms with van der Waals surface area (Å²) in [4.78, 5) is 0. The van der Waals surface area contributed by atoms with E-state index in [9.17, 15) is 0 Å². The van der Waals surface area contributed by atoms with Crippen molar-refractivity contribution in [1.82, 2.24) is 5.32 Å². The van der Waals surface area contributed by atoms with E-state index in [1.165, 1.54) is 37.7 Å². The van der Waals surface area contributed by atoms with Crippen molar-refractivity contribution in [1.29, 1.82) is 0 Å². The van der Waals surface area contributed by atoms with Crippen LogP contribution < -0.4 is 16.8 Å². The van der Waals surface area contributed by atoms with Crippen LogP contribution in [0.2, 0.25) is 0 Å². The van der Waals surface area contributed by atoms with E-state index in [1.807, 2.05) is 0 Å². The van der Waals surface area contributed by atoms with Crippen LogP contribution in [0.5, 0.6) is 0 Å². The van der Waals surface area contributed by atoms with Crippen LogP contribution in [0.15, 0.2) is 23.8 Å². The highest BCUT2D eigenvalue weighted by atomic mass is 14.9. The first-order valence-corrected chi connectivity index (χ1v) is 8.20. The van der Waals surface area contributed by atoms with E-state index in [0.717, 1.165) is 45.4 Å². The Kier molecular flexibility index (Phi) is 14.3. The lowest BCUT2D eigenvalue weighted by molar-refractivity contribution is 0.618. The lowest BCUT2D eigenvalue weighted by Crippen LogP contribution is -2.23. The van der Waals surface area contributed by atoms with Crippen LogP contribution in [0.4, 0.5) is 0 Å². The van der Waals surface area contributed by atoms with E-state index in [2.05, 4.69) is 24.9 Å². The Balaban J connectivity index is 3.88. The van der Waals surface area contributed by atoms with Crippen LogP contribution in [-0.2, 0) is 0 Å². The van der Waals surface area contributed by atoms with Crippen LogP contribution in [0.25, 0.3) is 0 Å². The van der Waals surface area contributed by atoms with Gasteiger partial charge < -0.3 is 16.8 Å². The van der Waals surface area contributed by atoms with E-state index in [0.29, 0.717) is 0 Å². The third-order valence-electron chi connectivity index (χ3n) is 3.44. The molecule has 0 aliphatic heterocycles. The Hall–Kier alpha value is -0.640. The highest BCUT2D eigenvalue weighted by Gasteiger charge is 2.00. The molecular formula is C17H35N3. The molecule has 0 aromatic heterocycles. The molecule has 0 saturated carbocycles. The number of hydrogen-bond donors (Lipinski definition) is 3. The maximum Gasteiger partial charge on any atom is 0.00745 e. The fourth-order valence-electron chi connectivity index (χ4n) is 2.17. The normalized spacial score (nSPS) is 11.8. The molecule has 118 valence electrons. The summed E-state index contributed by atoms with van der Waals surface area (Å²) in [6, 6.07) is 0. The average molecular weight is 281 g/mol. The molecule has 0 rings (SSSR count). The van der Waals surface area contributed by atoms with Crippen molar-refractivity contribution in [2.75, 3.05) is 26.2 Å². The molecule has 0 radical (unpaired) electrons. The minimum Gasteiger partial charge on any atom is -0.330 e. The molecule has 0 fully saturated rings. The maximum absolute atomic E-state index is 5.56. The summed E-state index contributed by atoms with van der Waals surface area (Å²) in [5, 5.41) is 3.35. The second-order valence-corrected chi connectivity index (χ2v) is 5.44. The van der Waals surface area contributed by atoms with Gasteiger partial charge in [0.15, 0.2) is 0 Å². The number of nitrogens with one attached hydrogen (secondary N) is 1. The lowest BCUT2D eigenvalue weighted by Gasteiger charge is -2.10. The van der Waals surface area contributed by atoms with Gasteiger partial charge in [0.2, 0.25) is 0 Å². The Morgan fingerprint density at radius 2 is 1.80 bits per heavy atom. The third kappa shape index (κ3) is 12.4. The summed E-state index contributed by atoms with van der Waals surface area (Å²) >= 11 is 0. The topological polar surface area (TPSA) is 64.1 Å². The fraction of sp³-hybridized carbons (Fsp3) is 0.765. The molecule has 5 N–H and O–H groups in total. The van der Waals surface area contributed by atoms with Crippen LogP contribution in [0.1, 0.15) is 58.3 Å². The molecule has 0 bridgehead atoms. The van der Waals surface area contributed by atoms with Gasteiger partial charge in [-0.25, -0.2) is 0 Å². The maximum atomic E-state index is 5.56. The molecule has 0 aromatic carbocycles. The van der Waals surface area contributed by atoms with Gasteiger partial charge in [0.25, 0.3) is 0 Å². The van der Waals surface area contributed by atoms with E-state index < -0.39 is 0 Å². The van der Waals surface area contributed by atoms with Crippen LogP contribution in [0.3, 0.4) is 0 Å². The molecule has 0 atom stereocenters. The molecule has 20 heavy (non-hydrogen) atoms. The average Bonchev–Trinajstić information content (AvgIpc) is 2.45. The van der Waals surface area contributed by atoms with Crippen LogP contribution in [-0.4, -0.2) is 26.2 Å². The van der Waals surface area contributed by atoms with Crippen molar-refractivity contribution in [3.63, 3.8) is 0 Å². The standard InChI is InChI=1S/C17H35N3/c1-3-4-7-17(10-9-16(2)11-12-18)8-5-6-14-20-15-13-19/h7,20H,2-6,8-15,18-19H2,1H3/b17-7-. The predicted octanol–water partition coefficient (Wildman–Crippen LogP) is 3.12. The zero-order valence-electron chi connectivity index (χ0n) is 13.4. The van der Waals surface area contributed by atoms with Crippen molar-refractivity contribution in [3.05, 3.63) is 23.8 Å². The van der Waals surface area contributed by atoms with Gasteiger partial charge in [-0.15, -0.1) is 0 Å². The molecule has 0 aromatic rings. The first-order chi connectivity index (χ1) is 9.74. The van der Waals surface area contributed by atoms with Gasteiger partial charge in [-0.1, -0.05) is 37.1 Å². The fourth-order valence-corrected chi connectivity index (χ4v) is 2.17. The minimum absolute atomic E-state index is 0.722. The molecule has 0 spiro atoms. The molecule has 0 amide bonds. The quantitative estimate of drug-likeness (QED) is 0.338. The van der Waals surface area contributed by atoms with Gasteiger partial charge in [0.1, 0.15) is 0 Å². The minimum atomic E-state index is 0.722. The number of allylic oxidation sites excluding steroid dienone is 2. The monoisotopic (exact) mass is 281 g/mol. The van der Waals surface area contributed by atoms with Gasteiger partial charge in [0, 0.05) is 13.1 Å². The highest BCUT2D eigenvalue weighted by Crippen LogP contribution is 2.18. The zero-order chi connectivity index (χ0) is 15.1. The van der Waals surface area contributed by atoms with Crippen molar-refractivity contribution in [3.8, 4) is 0 Å². The van der Waals surface area contributed by atoms with Crippen LogP contribution in [0, 0.1) is 0 Å². The van der Waals surface area contributed by atoms with Gasteiger partial charge in [-0.3, -0.25) is 0 Å². The number of unbranched alkanes of at least 4 members (excludes halogenated alkanes) is 2. The third-order valence-corrected chi connectivity index (χ3v) is 3.44. The van der Waals surface area contributed by atoms with Crippen molar-refractivity contribution >= 4 is 0 Å². The molecule has 0 unspecified atom stereocenters. The Bertz CT molecular complexity index is 259. The second kappa shape index (κ2) is 14.8. The molecule has 0 aliphatic carbocycles.